The molecule has 2 N–H and O–H groups in total. The normalized spacial score (nSPS) is 20.1. The minimum absolute atomic E-state index is 0.0448. The van der Waals surface area contributed by atoms with Crippen molar-refractivity contribution >= 4 is 23.4 Å². The first kappa shape index (κ1) is 29.4. The zero-order chi connectivity index (χ0) is 31.0. The lowest BCUT2D eigenvalue weighted by Crippen LogP contribution is -2.46. The molecule has 3 aromatic rings. The Kier molecular flexibility index (Phi) is 7.99. The van der Waals surface area contributed by atoms with Crippen LogP contribution in [0.5, 0.6) is 5.75 Å². The average molecular weight is 593 g/mol. The first-order chi connectivity index (χ1) is 20.6. The summed E-state index contributed by atoms with van der Waals surface area (Å²) in [7, 11) is 3.76. The van der Waals surface area contributed by atoms with Gasteiger partial charge in [0.1, 0.15) is 34.9 Å². The van der Waals surface area contributed by atoms with E-state index in [9.17, 15) is 23.2 Å². The quantitative estimate of drug-likeness (QED) is 0.320. The van der Waals surface area contributed by atoms with E-state index in [4.69, 9.17) is 19.9 Å². The Bertz CT molecular complexity index is 1670. The predicted molar refractivity (Wildman–Crippen MR) is 149 cm³/mol. The minimum Gasteiger partial charge on any atom is -0.497 e. The van der Waals surface area contributed by atoms with E-state index in [0.29, 0.717) is 22.9 Å². The highest BCUT2D eigenvalue weighted by atomic mass is 19.1. The summed E-state index contributed by atoms with van der Waals surface area (Å²) in [5.41, 5.74) is 7.14. The molecule has 43 heavy (non-hydrogen) atoms. The van der Waals surface area contributed by atoms with E-state index in [2.05, 4.69) is 0 Å². The molecule has 2 aliphatic rings. The van der Waals surface area contributed by atoms with Crippen LogP contribution in [0.1, 0.15) is 29.4 Å². The van der Waals surface area contributed by atoms with E-state index < -0.39 is 52.9 Å². The number of ether oxygens (including phenoxy) is 3. The van der Waals surface area contributed by atoms with Gasteiger partial charge in [0.05, 0.1) is 38.5 Å². The fourth-order valence-corrected chi connectivity index (χ4v) is 5.83. The van der Waals surface area contributed by atoms with Gasteiger partial charge >= 0.3 is 11.9 Å². The summed E-state index contributed by atoms with van der Waals surface area (Å²) >= 11 is 0. The number of methoxy groups -OCH3 is 3. The van der Waals surface area contributed by atoms with Crippen LogP contribution in [0.15, 0.2) is 89.4 Å². The van der Waals surface area contributed by atoms with E-state index in [0.717, 1.165) is 38.5 Å². The number of halogens is 3. The molecule has 1 aliphatic carbocycles. The molecule has 0 bridgehead atoms. The van der Waals surface area contributed by atoms with Gasteiger partial charge in [0.25, 0.3) is 0 Å². The Morgan fingerprint density at radius 2 is 1.49 bits per heavy atom. The second kappa shape index (κ2) is 11.7. The molecule has 0 saturated heterocycles. The summed E-state index contributed by atoms with van der Waals surface area (Å²) < 4.78 is 58.7. The van der Waals surface area contributed by atoms with Crippen LogP contribution < -0.4 is 15.4 Å². The van der Waals surface area contributed by atoms with Crippen molar-refractivity contribution in [1.29, 1.82) is 0 Å². The van der Waals surface area contributed by atoms with Crippen molar-refractivity contribution in [3.05, 3.63) is 118 Å². The second-order valence-corrected chi connectivity index (χ2v) is 10.0. The van der Waals surface area contributed by atoms with Gasteiger partial charge in [0.2, 0.25) is 0 Å². The predicted octanol–water partition coefficient (Wildman–Crippen LogP) is 4.86. The third-order valence-electron chi connectivity index (χ3n) is 7.80. The first-order valence-electron chi connectivity index (χ1n) is 13.2. The molecule has 1 aliphatic heterocycles. The molecule has 3 atom stereocenters. The smallest absolute Gasteiger partial charge is 0.338 e. The van der Waals surface area contributed by atoms with Crippen LogP contribution in [0.4, 0.5) is 18.9 Å². The third-order valence-corrected chi connectivity index (χ3v) is 7.80. The van der Waals surface area contributed by atoms with Crippen molar-refractivity contribution in [2.75, 3.05) is 26.2 Å². The van der Waals surface area contributed by atoms with Gasteiger partial charge in [0.15, 0.2) is 5.78 Å². The molecular weight excluding hydrogens is 565 g/mol. The Hall–Kier alpha value is -5.06. The lowest BCUT2D eigenvalue weighted by Gasteiger charge is -2.44. The van der Waals surface area contributed by atoms with Gasteiger partial charge in [-0.05, 0) is 53.9 Å². The van der Waals surface area contributed by atoms with Crippen LogP contribution in [-0.2, 0) is 23.9 Å². The molecule has 222 valence electrons. The number of benzene rings is 3. The number of hydrogen-bond donors (Lipinski definition) is 1. The topological polar surface area (TPSA) is 108 Å². The van der Waals surface area contributed by atoms with E-state index >= 15 is 4.39 Å². The Morgan fingerprint density at radius 1 is 0.860 bits per heavy atom. The van der Waals surface area contributed by atoms with E-state index in [1.165, 1.54) is 24.1 Å². The Labute approximate surface area is 245 Å². The SMILES string of the molecule is COC(=O)C1=C(N)N(c2ccc(F)cc2F)C2=C(C(=O)[C@H](C(=O)OC)[C@H](c3ccc(OC)cc3)C2)[C@H]1c1ccc(F)cc1. The molecule has 0 aromatic heterocycles. The fourth-order valence-electron chi connectivity index (χ4n) is 5.83. The number of nitrogens with zero attached hydrogens (tertiary/aromatic N) is 1. The monoisotopic (exact) mass is 592 g/mol. The van der Waals surface area contributed by atoms with Crippen molar-refractivity contribution in [2.24, 2.45) is 11.7 Å². The first-order valence-corrected chi connectivity index (χ1v) is 13.2. The standard InChI is InChI=1S/C32H27F3N2O6/c1-41-20-11-6-16(7-12-20)21-15-24-27(29(38)26(21)31(39)42-2)25(17-4-8-18(33)9-5-17)28(32(40)43-3)30(36)37(24)23-13-10-19(34)14-22(23)35/h4-14,21,25-26H,15,36H2,1-3H3/t21-,25+,26+/m0/s1. The molecule has 1 heterocycles. The van der Waals surface area contributed by atoms with Gasteiger partial charge in [-0.2, -0.15) is 0 Å². The zero-order valence-electron chi connectivity index (χ0n) is 23.4. The van der Waals surface area contributed by atoms with Crippen LogP contribution in [-0.4, -0.2) is 39.1 Å². The van der Waals surface area contributed by atoms with Gasteiger partial charge in [-0.25, -0.2) is 18.0 Å². The number of ketones is 1. The number of nitrogens with two attached hydrogens (primary N) is 1. The third kappa shape index (κ3) is 5.11. The summed E-state index contributed by atoms with van der Waals surface area (Å²) in [6.45, 7) is 0. The Morgan fingerprint density at radius 3 is 2.07 bits per heavy atom. The van der Waals surface area contributed by atoms with Crippen molar-refractivity contribution < 1.29 is 41.8 Å². The lowest BCUT2D eigenvalue weighted by atomic mass is 9.67. The number of allylic oxidation sites excluding steroid dienone is 2. The molecule has 0 unspecified atom stereocenters. The van der Waals surface area contributed by atoms with Crippen LogP contribution in [0.2, 0.25) is 0 Å². The van der Waals surface area contributed by atoms with Gasteiger partial charge in [-0.3, -0.25) is 14.5 Å². The fraction of sp³-hybridized carbons (Fsp3) is 0.219. The lowest BCUT2D eigenvalue weighted by molar-refractivity contribution is -0.150. The van der Waals surface area contributed by atoms with Crippen molar-refractivity contribution in [1.82, 2.24) is 0 Å². The maximum Gasteiger partial charge on any atom is 0.338 e. The molecule has 0 fully saturated rings. The molecule has 5 rings (SSSR count). The van der Waals surface area contributed by atoms with Gasteiger partial charge in [-0.15, -0.1) is 0 Å². The number of carbonyl (C=O) groups excluding carboxylic acids is 3. The Balaban J connectivity index is 1.83. The van der Waals surface area contributed by atoms with Crippen LogP contribution in [0.25, 0.3) is 0 Å². The molecule has 11 heteroatoms. The largest absolute Gasteiger partial charge is 0.497 e. The molecular formula is C32H27F3N2O6. The summed E-state index contributed by atoms with van der Waals surface area (Å²) in [6, 6.07) is 14.6. The number of carbonyl (C=O) groups is 3. The van der Waals surface area contributed by atoms with Crippen molar-refractivity contribution in [2.45, 2.75) is 18.3 Å². The maximum atomic E-state index is 15.4. The van der Waals surface area contributed by atoms with Gasteiger partial charge in [0, 0.05) is 23.3 Å². The van der Waals surface area contributed by atoms with Crippen LogP contribution in [0.3, 0.4) is 0 Å². The van der Waals surface area contributed by atoms with Crippen LogP contribution >= 0.6 is 0 Å². The molecule has 0 spiro atoms. The van der Waals surface area contributed by atoms with Gasteiger partial charge in [-0.1, -0.05) is 24.3 Å². The highest BCUT2D eigenvalue weighted by Crippen LogP contribution is 2.52. The summed E-state index contributed by atoms with van der Waals surface area (Å²) in [6.07, 6.45) is -0.0448. The molecule has 0 radical (unpaired) electrons. The van der Waals surface area contributed by atoms with Gasteiger partial charge < -0.3 is 19.9 Å². The summed E-state index contributed by atoms with van der Waals surface area (Å²) in [5, 5.41) is 0. The maximum absolute atomic E-state index is 15.4. The molecule has 8 nitrogen and oxygen atoms in total. The number of anilines is 1. The average Bonchev–Trinajstić information content (AvgIpc) is 3.00. The van der Waals surface area contributed by atoms with E-state index in [1.807, 2.05) is 0 Å². The number of hydrogen-bond acceptors (Lipinski definition) is 8. The van der Waals surface area contributed by atoms with Crippen molar-refractivity contribution in [3.63, 3.8) is 0 Å². The molecule has 0 saturated carbocycles. The number of esters is 2. The van der Waals surface area contributed by atoms with E-state index in [-0.39, 0.29) is 34.8 Å². The molecule has 0 amide bonds. The van der Waals surface area contributed by atoms with E-state index in [1.54, 1.807) is 24.3 Å². The zero-order valence-corrected chi connectivity index (χ0v) is 23.4. The second-order valence-electron chi connectivity index (χ2n) is 10.0. The molecule has 3 aromatic carbocycles. The highest BCUT2D eigenvalue weighted by Gasteiger charge is 2.51. The summed E-state index contributed by atoms with van der Waals surface area (Å²) in [4.78, 5) is 42.3. The summed E-state index contributed by atoms with van der Waals surface area (Å²) in [5.74, 6) is -8.01. The number of rotatable bonds is 6. The van der Waals surface area contributed by atoms with Crippen LogP contribution in [0, 0.1) is 23.4 Å². The number of Topliss-reactive ketones (excluding diaryl/α,β-unsaturated/α-hetero) is 1. The highest BCUT2D eigenvalue weighted by molar-refractivity contribution is 6.14. The van der Waals surface area contributed by atoms with Crippen molar-refractivity contribution in [3.8, 4) is 5.75 Å². The minimum atomic E-state index is -1.36.